The molecule has 0 unspecified atom stereocenters. The maximum Gasteiger partial charge on any atom is 0.268 e. The fourth-order valence-corrected chi connectivity index (χ4v) is 2.73. The van der Waals surface area contributed by atoms with Crippen molar-refractivity contribution in [1.29, 1.82) is 0 Å². The first-order chi connectivity index (χ1) is 12.7. The number of hydrogen-bond acceptors (Lipinski definition) is 3. The summed E-state index contributed by atoms with van der Waals surface area (Å²) in [5, 5.41) is 3.83. The molecule has 0 aliphatic heterocycles. The zero-order valence-electron chi connectivity index (χ0n) is 13.7. The van der Waals surface area contributed by atoms with Crippen LogP contribution in [-0.2, 0) is 6.54 Å². The van der Waals surface area contributed by atoms with Gasteiger partial charge in [0.2, 0.25) is 0 Å². The van der Waals surface area contributed by atoms with Gasteiger partial charge in [0.1, 0.15) is 17.8 Å². The number of H-pyrrole nitrogens is 1. The largest absolute Gasteiger partial charge is 0.351 e. The van der Waals surface area contributed by atoms with Crippen LogP contribution in [0.2, 0.25) is 0 Å². The van der Waals surface area contributed by atoms with Crippen LogP contribution in [0.5, 0.6) is 0 Å². The predicted octanol–water partition coefficient (Wildman–Crippen LogP) is 3.69. The summed E-state index contributed by atoms with van der Waals surface area (Å²) in [6, 6.07) is 17.4. The number of benzene rings is 2. The van der Waals surface area contributed by atoms with E-state index < -0.39 is 0 Å². The van der Waals surface area contributed by atoms with E-state index in [2.05, 4.69) is 20.3 Å². The molecule has 2 aromatic carbocycles. The SMILES string of the molecule is O=C(NCc1cc(-c2ccc(F)cc2)ncn1)c1cc2ccccc2[nH]1. The molecule has 0 radical (unpaired) electrons. The minimum absolute atomic E-state index is 0.205. The van der Waals surface area contributed by atoms with Gasteiger partial charge in [0, 0.05) is 16.5 Å². The quantitative estimate of drug-likeness (QED) is 0.592. The highest BCUT2D eigenvalue weighted by Gasteiger charge is 2.10. The summed E-state index contributed by atoms with van der Waals surface area (Å²) in [5.41, 5.74) is 3.55. The zero-order chi connectivity index (χ0) is 17.9. The number of fused-ring (bicyclic) bond motifs is 1. The number of rotatable bonds is 4. The lowest BCUT2D eigenvalue weighted by Gasteiger charge is -2.05. The van der Waals surface area contributed by atoms with Crippen LogP contribution in [0.25, 0.3) is 22.2 Å². The minimum Gasteiger partial charge on any atom is -0.351 e. The predicted molar refractivity (Wildman–Crippen MR) is 96.9 cm³/mol. The lowest BCUT2D eigenvalue weighted by molar-refractivity contribution is 0.0946. The number of aromatic amines is 1. The van der Waals surface area contributed by atoms with E-state index in [-0.39, 0.29) is 18.3 Å². The number of carbonyl (C=O) groups excluding carboxylic acids is 1. The number of nitrogens with zero attached hydrogens (tertiary/aromatic N) is 2. The monoisotopic (exact) mass is 346 g/mol. The van der Waals surface area contributed by atoms with Crippen molar-refractivity contribution in [2.45, 2.75) is 6.54 Å². The molecule has 2 N–H and O–H groups in total. The van der Waals surface area contributed by atoms with Crippen molar-refractivity contribution in [3.63, 3.8) is 0 Å². The molecule has 2 heterocycles. The van der Waals surface area contributed by atoms with E-state index in [1.54, 1.807) is 18.2 Å². The van der Waals surface area contributed by atoms with Crippen molar-refractivity contribution in [2.24, 2.45) is 0 Å². The zero-order valence-corrected chi connectivity index (χ0v) is 13.7. The van der Waals surface area contributed by atoms with Crippen molar-refractivity contribution in [1.82, 2.24) is 20.3 Å². The van der Waals surface area contributed by atoms with E-state index in [4.69, 9.17) is 0 Å². The number of para-hydroxylation sites is 1. The number of hydrogen-bond donors (Lipinski definition) is 2. The molecule has 26 heavy (non-hydrogen) atoms. The van der Waals surface area contributed by atoms with Gasteiger partial charge in [-0.1, -0.05) is 18.2 Å². The molecule has 1 amide bonds. The highest BCUT2D eigenvalue weighted by molar-refractivity contribution is 5.97. The first-order valence-corrected chi connectivity index (χ1v) is 8.12. The molecular formula is C20H15FN4O. The molecule has 0 fully saturated rings. The summed E-state index contributed by atoms with van der Waals surface area (Å²) >= 11 is 0. The molecule has 4 aromatic rings. The van der Waals surface area contributed by atoms with Crippen LogP contribution in [0.3, 0.4) is 0 Å². The summed E-state index contributed by atoms with van der Waals surface area (Å²) in [7, 11) is 0. The summed E-state index contributed by atoms with van der Waals surface area (Å²) < 4.78 is 13.0. The Bertz CT molecular complexity index is 1040. The van der Waals surface area contributed by atoms with E-state index in [1.807, 2.05) is 30.3 Å². The highest BCUT2D eigenvalue weighted by atomic mass is 19.1. The van der Waals surface area contributed by atoms with Crippen molar-refractivity contribution >= 4 is 16.8 Å². The van der Waals surface area contributed by atoms with Crippen LogP contribution in [0.4, 0.5) is 4.39 Å². The number of carbonyl (C=O) groups is 1. The van der Waals surface area contributed by atoms with Gasteiger partial charge in [-0.2, -0.15) is 0 Å². The number of amides is 1. The van der Waals surface area contributed by atoms with Crippen molar-refractivity contribution in [3.05, 3.63) is 84.2 Å². The molecule has 0 saturated carbocycles. The van der Waals surface area contributed by atoms with Gasteiger partial charge in [0.15, 0.2) is 0 Å². The van der Waals surface area contributed by atoms with Gasteiger partial charge in [-0.25, -0.2) is 14.4 Å². The summed E-state index contributed by atoms with van der Waals surface area (Å²) in [6.45, 7) is 0.269. The van der Waals surface area contributed by atoms with Gasteiger partial charge in [0.05, 0.1) is 17.9 Å². The third-order valence-corrected chi connectivity index (χ3v) is 4.07. The average Bonchev–Trinajstić information content (AvgIpc) is 3.11. The average molecular weight is 346 g/mol. The molecule has 0 saturated heterocycles. The van der Waals surface area contributed by atoms with Gasteiger partial charge in [-0.15, -0.1) is 0 Å². The van der Waals surface area contributed by atoms with Crippen LogP contribution in [-0.4, -0.2) is 20.9 Å². The second-order valence-corrected chi connectivity index (χ2v) is 5.85. The first-order valence-electron chi connectivity index (χ1n) is 8.12. The molecule has 128 valence electrons. The van der Waals surface area contributed by atoms with Crippen molar-refractivity contribution in [3.8, 4) is 11.3 Å². The van der Waals surface area contributed by atoms with Gasteiger partial charge >= 0.3 is 0 Å². The first kappa shape index (κ1) is 16.0. The Labute approximate surface area is 148 Å². The standard InChI is InChI=1S/C20H15FN4O/c21-15-7-5-13(6-8-15)18-10-16(23-12-24-18)11-22-20(26)19-9-14-3-1-2-4-17(14)25-19/h1-10,12,25H,11H2,(H,22,26). The molecule has 5 nitrogen and oxygen atoms in total. The smallest absolute Gasteiger partial charge is 0.268 e. The molecule has 0 aliphatic rings. The van der Waals surface area contributed by atoms with E-state index >= 15 is 0 Å². The normalized spacial score (nSPS) is 10.8. The molecular weight excluding hydrogens is 331 g/mol. The van der Waals surface area contributed by atoms with Gasteiger partial charge in [-0.05, 0) is 42.5 Å². The number of halogens is 1. The second kappa shape index (κ2) is 6.76. The van der Waals surface area contributed by atoms with Gasteiger partial charge in [-0.3, -0.25) is 4.79 Å². The lowest BCUT2D eigenvalue weighted by Crippen LogP contribution is -2.23. The van der Waals surface area contributed by atoms with Crippen LogP contribution in [0.1, 0.15) is 16.2 Å². The van der Waals surface area contributed by atoms with Gasteiger partial charge in [0.25, 0.3) is 5.91 Å². The lowest BCUT2D eigenvalue weighted by atomic mass is 10.1. The second-order valence-electron chi connectivity index (χ2n) is 5.85. The summed E-state index contributed by atoms with van der Waals surface area (Å²) in [6.07, 6.45) is 1.43. The maximum absolute atomic E-state index is 13.0. The minimum atomic E-state index is -0.298. The van der Waals surface area contributed by atoms with E-state index in [1.165, 1.54) is 18.5 Å². The Morgan fingerprint density at radius 1 is 1.04 bits per heavy atom. The summed E-state index contributed by atoms with van der Waals surface area (Å²) in [4.78, 5) is 23.8. The highest BCUT2D eigenvalue weighted by Crippen LogP contribution is 2.18. The molecule has 0 atom stereocenters. The molecule has 4 rings (SSSR count). The van der Waals surface area contributed by atoms with Crippen LogP contribution < -0.4 is 5.32 Å². The topological polar surface area (TPSA) is 70.7 Å². The molecule has 0 spiro atoms. The molecule has 0 bridgehead atoms. The van der Waals surface area contributed by atoms with Crippen LogP contribution in [0, 0.1) is 5.82 Å². The Kier molecular flexibility index (Phi) is 4.15. The van der Waals surface area contributed by atoms with Crippen molar-refractivity contribution < 1.29 is 9.18 Å². The van der Waals surface area contributed by atoms with Gasteiger partial charge < -0.3 is 10.3 Å². The molecule has 0 aliphatic carbocycles. The fourth-order valence-electron chi connectivity index (χ4n) is 2.73. The van der Waals surface area contributed by atoms with Crippen molar-refractivity contribution in [2.75, 3.05) is 0 Å². The third-order valence-electron chi connectivity index (χ3n) is 4.07. The Hall–Kier alpha value is -3.54. The van der Waals surface area contributed by atoms with E-state index in [9.17, 15) is 9.18 Å². The molecule has 6 heteroatoms. The van der Waals surface area contributed by atoms with E-state index in [0.717, 1.165) is 16.5 Å². The van der Waals surface area contributed by atoms with E-state index in [0.29, 0.717) is 17.1 Å². The Morgan fingerprint density at radius 2 is 1.85 bits per heavy atom. The third kappa shape index (κ3) is 3.30. The molecule has 2 aromatic heterocycles. The van der Waals surface area contributed by atoms with Crippen LogP contribution >= 0.6 is 0 Å². The number of nitrogens with one attached hydrogen (secondary N) is 2. The van der Waals surface area contributed by atoms with Crippen LogP contribution in [0.15, 0.2) is 67.0 Å². The fraction of sp³-hybridized carbons (Fsp3) is 0.0500. The summed E-state index contributed by atoms with van der Waals surface area (Å²) in [5.74, 6) is -0.503. The maximum atomic E-state index is 13.0. The Balaban J connectivity index is 1.48. The Morgan fingerprint density at radius 3 is 2.65 bits per heavy atom. The number of aromatic nitrogens is 3.